The first-order valence-corrected chi connectivity index (χ1v) is 21.5. The van der Waals surface area contributed by atoms with Gasteiger partial charge in [-0.25, -0.2) is 4.98 Å². The summed E-state index contributed by atoms with van der Waals surface area (Å²) in [5.41, 5.74) is 23.0. The monoisotopic (exact) mass is 788 g/mol. The summed E-state index contributed by atoms with van der Waals surface area (Å²) >= 11 is 0. The van der Waals surface area contributed by atoms with Crippen molar-refractivity contribution in [2.45, 2.75) is 11.8 Å². The van der Waals surface area contributed by atoms with E-state index in [1.54, 1.807) is 0 Å². The van der Waals surface area contributed by atoms with Crippen LogP contribution < -0.4 is 0 Å². The van der Waals surface area contributed by atoms with Crippen LogP contribution in [0.2, 0.25) is 0 Å². The van der Waals surface area contributed by atoms with E-state index in [0.29, 0.717) is 0 Å². The van der Waals surface area contributed by atoms with Gasteiger partial charge in [-0.2, -0.15) is 0 Å². The first-order chi connectivity index (χ1) is 30.7. The fraction of sp³-hybridized carbons (Fsp3) is 0.0333. The van der Waals surface area contributed by atoms with Crippen LogP contribution >= 0.6 is 0 Å². The standard InChI is InChI=1S/C60H40N2/c1-4-16-44(17-5-1)55-37-36-48(58-59(62-55)51-24-12-15-27-54(51)60(58)52-25-13-10-22-49(52)50-23-11-14-26-53(50)60)43-34-32-41(33-35-43)40-28-30-42(31-29-40)47-38-56(45-18-6-2-7-19-45)61-57(39-47)46-20-8-3-9-21-46/h1-36,38-39H,37H2. The van der Waals surface area contributed by atoms with E-state index < -0.39 is 5.41 Å². The molecule has 2 heterocycles. The van der Waals surface area contributed by atoms with E-state index in [1.165, 1.54) is 61.2 Å². The Bertz CT molecular complexity index is 3160. The summed E-state index contributed by atoms with van der Waals surface area (Å²) in [6, 6.07) is 81.2. The minimum absolute atomic E-state index is 0.511. The third kappa shape index (κ3) is 5.72. The van der Waals surface area contributed by atoms with Gasteiger partial charge in [-0.05, 0) is 78.9 Å². The molecule has 2 heteroatoms. The minimum Gasteiger partial charge on any atom is -0.251 e. The van der Waals surface area contributed by atoms with Gasteiger partial charge in [0.25, 0.3) is 0 Å². The summed E-state index contributed by atoms with van der Waals surface area (Å²) in [4.78, 5) is 10.8. The lowest BCUT2D eigenvalue weighted by molar-refractivity contribution is 0.790. The number of hydrogen-bond donors (Lipinski definition) is 0. The van der Waals surface area contributed by atoms with Crippen molar-refractivity contribution in [3.8, 4) is 55.9 Å². The number of aliphatic imine (C=N–C) groups is 1. The first-order valence-electron chi connectivity index (χ1n) is 21.5. The Kier molecular flexibility index (Phi) is 8.50. The molecule has 1 aromatic heterocycles. The second kappa shape index (κ2) is 14.7. The van der Waals surface area contributed by atoms with Crippen LogP contribution in [-0.2, 0) is 5.41 Å². The van der Waals surface area contributed by atoms with Gasteiger partial charge < -0.3 is 0 Å². The molecule has 0 unspecified atom stereocenters. The molecular formula is C60H40N2. The lowest BCUT2D eigenvalue weighted by atomic mass is 9.67. The summed E-state index contributed by atoms with van der Waals surface area (Å²) in [5.74, 6) is 0. The summed E-state index contributed by atoms with van der Waals surface area (Å²) < 4.78 is 0. The Labute approximate surface area is 362 Å². The maximum Gasteiger partial charge on any atom is 0.0763 e. The number of pyridine rings is 1. The molecule has 0 saturated carbocycles. The van der Waals surface area contributed by atoms with E-state index in [9.17, 15) is 0 Å². The van der Waals surface area contributed by atoms with E-state index in [-0.39, 0.29) is 0 Å². The minimum atomic E-state index is -0.511. The predicted octanol–water partition coefficient (Wildman–Crippen LogP) is 14.8. The second-order valence-electron chi connectivity index (χ2n) is 16.4. The fourth-order valence-corrected chi connectivity index (χ4v) is 10.2. The highest BCUT2D eigenvalue weighted by Gasteiger charge is 2.54. The number of aromatic nitrogens is 1. The number of benzene rings is 8. The van der Waals surface area contributed by atoms with Crippen molar-refractivity contribution in [1.29, 1.82) is 0 Å². The predicted molar refractivity (Wildman–Crippen MR) is 257 cm³/mol. The van der Waals surface area contributed by atoms with Gasteiger partial charge in [-0.3, -0.25) is 4.99 Å². The molecule has 2 nitrogen and oxygen atoms in total. The average molecular weight is 789 g/mol. The first kappa shape index (κ1) is 36.0. The Morgan fingerprint density at radius 2 is 0.742 bits per heavy atom. The average Bonchev–Trinajstić information content (AvgIpc) is 3.71. The zero-order valence-electron chi connectivity index (χ0n) is 34.0. The largest absolute Gasteiger partial charge is 0.251 e. The van der Waals surface area contributed by atoms with Crippen molar-refractivity contribution in [2.75, 3.05) is 0 Å². The highest BCUT2D eigenvalue weighted by molar-refractivity contribution is 6.12. The molecule has 1 aliphatic heterocycles. The lowest BCUT2D eigenvalue weighted by Crippen LogP contribution is -2.28. The molecule has 0 radical (unpaired) electrons. The van der Waals surface area contributed by atoms with E-state index >= 15 is 0 Å². The number of fused-ring (bicyclic) bond motifs is 9. The summed E-state index contributed by atoms with van der Waals surface area (Å²) in [5, 5.41) is 0. The van der Waals surface area contributed by atoms with Gasteiger partial charge in [0.1, 0.15) is 0 Å². The van der Waals surface area contributed by atoms with Gasteiger partial charge in [-0.15, -0.1) is 0 Å². The Balaban J connectivity index is 0.962. The zero-order chi connectivity index (χ0) is 41.0. The third-order valence-electron chi connectivity index (χ3n) is 13.0. The van der Waals surface area contributed by atoms with Gasteiger partial charge >= 0.3 is 0 Å². The summed E-state index contributed by atoms with van der Waals surface area (Å²) in [6.07, 6.45) is 3.17. The molecule has 0 saturated heterocycles. The Morgan fingerprint density at radius 1 is 0.339 bits per heavy atom. The van der Waals surface area contributed by atoms with Gasteiger partial charge in [-0.1, -0.05) is 218 Å². The van der Waals surface area contributed by atoms with Gasteiger partial charge in [0.15, 0.2) is 0 Å². The van der Waals surface area contributed by atoms with Crippen molar-refractivity contribution in [3.05, 3.63) is 269 Å². The normalized spacial score (nSPS) is 14.3. The van der Waals surface area contributed by atoms with E-state index in [0.717, 1.165) is 57.0 Å². The van der Waals surface area contributed by atoms with Gasteiger partial charge in [0.2, 0.25) is 0 Å². The van der Waals surface area contributed by atoms with Crippen LogP contribution in [0, 0.1) is 0 Å². The van der Waals surface area contributed by atoms with E-state index in [4.69, 9.17) is 9.98 Å². The molecule has 0 fully saturated rings. The van der Waals surface area contributed by atoms with Crippen LogP contribution in [-0.4, -0.2) is 10.7 Å². The van der Waals surface area contributed by atoms with Crippen LogP contribution in [0.4, 0.5) is 0 Å². The highest BCUT2D eigenvalue weighted by atomic mass is 14.8. The molecule has 0 bridgehead atoms. The molecule has 290 valence electrons. The third-order valence-corrected chi connectivity index (χ3v) is 13.0. The van der Waals surface area contributed by atoms with Crippen molar-refractivity contribution < 1.29 is 0 Å². The topological polar surface area (TPSA) is 25.2 Å². The van der Waals surface area contributed by atoms with Crippen LogP contribution in [0.15, 0.2) is 241 Å². The maximum atomic E-state index is 5.67. The number of allylic oxidation sites excluding steroid dienone is 3. The molecular weight excluding hydrogens is 749 g/mol. The Hall–Kier alpha value is -7.94. The molecule has 62 heavy (non-hydrogen) atoms. The van der Waals surface area contributed by atoms with Crippen molar-refractivity contribution in [1.82, 2.24) is 4.98 Å². The molecule has 0 amide bonds. The van der Waals surface area contributed by atoms with E-state index in [1.807, 2.05) is 12.1 Å². The summed E-state index contributed by atoms with van der Waals surface area (Å²) in [6.45, 7) is 0. The van der Waals surface area contributed by atoms with Gasteiger partial charge in [0.05, 0.1) is 28.2 Å². The smallest absolute Gasteiger partial charge is 0.0763 e. The maximum absolute atomic E-state index is 5.67. The molecule has 0 atom stereocenters. The number of hydrogen-bond acceptors (Lipinski definition) is 2. The SMILES string of the molecule is C1=C(c2ccc(-c3ccc(-c4cc(-c5ccccc5)nc(-c5ccccc5)c4)cc3)cc2)C2=C(N=C(c3ccccc3)C1)c1ccccc1C21c2ccccc2-c2ccccc21. The Morgan fingerprint density at radius 3 is 1.26 bits per heavy atom. The van der Waals surface area contributed by atoms with Gasteiger partial charge in [0, 0.05) is 28.7 Å². The van der Waals surface area contributed by atoms with Crippen LogP contribution in [0.1, 0.15) is 39.8 Å². The molecule has 2 aliphatic carbocycles. The van der Waals surface area contributed by atoms with Crippen LogP contribution in [0.5, 0.6) is 0 Å². The van der Waals surface area contributed by atoms with Crippen LogP contribution in [0.3, 0.4) is 0 Å². The molecule has 1 spiro atoms. The van der Waals surface area contributed by atoms with Crippen LogP contribution in [0.25, 0.3) is 67.2 Å². The number of nitrogens with zero attached hydrogens (tertiary/aromatic N) is 2. The molecule has 8 aromatic carbocycles. The zero-order valence-corrected chi connectivity index (χ0v) is 34.0. The van der Waals surface area contributed by atoms with E-state index in [2.05, 4.69) is 218 Å². The van der Waals surface area contributed by atoms with Crippen molar-refractivity contribution in [3.63, 3.8) is 0 Å². The summed E-state index contributed by atoms with van der Waals surface area (Å²) in [7, 11) is 0. The van der Waals surface area contributed by atoms with Crippen molar-refractivity contribution >= 4 is 17.0 Å². The molecule has 9 aromatic rings. The highest BCUT2D eigenvalue weighted by Crippen LogP contribution is 2.65. The molecule has 3 aliphatic rings. The quantitative estimate of drug-likeness (QED) is 0.165. The second-order valence-corrected chi connectivity index (χ2v) is 16.4. The van der Waals surface area contributed by atoms with Crippen molar-refractivity contribution in [2.24, 2.45) is 4.99 Å². The number of rotatable bonds is 6. The lowest BCUT2D eigenvalue weighted by Gasteiger charge is -2.33. The molecule has 0 N–H and O–H groups in total. The fourth-order valence-electron chi connectivity index (χ4n) is 10.2. The molecule has 12 rings (SSSR count).